The van der Waals surface area contributed by atoms with Crippen molar-refractivity contribution in [2.45, 2.75) is 23.8 Å². The van der Waals surface area contributed by atoms with Crippen molar-refractivity contribution in [2.75, 3.05) is 12.3 Å². The molecule has 22 heavy (non-hydrogen) atoms. The first-order valence-corrected chi connectivity index (χ1v) is 9.34. The van der Waals surface area contributed by atoms with E-state index in [1.807, 2.05) is 12.1 Å². The monoisotopic (exact) mass is 315 g/mol. The van der Waals surface area contributed by atoms with Crippen LogP contribution in [-0.4, -0.2) is 26.8 Å². The molecule has 1 aliphatic heterocycles. The summed E-state index contributed by atoms with van der Waals surface area (Å²) in [5.41, 5.74) is 1.32. The molecule has 2 aromatic carbocycles. The Morgan fingerprint density at radius 1 is 0.955 bits per heavy atom. The summed E-state index contributed by atoms with van der Waals surface area (Å²) >= 11 is 0. The number of hydrogen-bond donors (Lipinski definition) is 1. The standard InChI is InChI=1S/C18H21NO2S/c20-22(21,18-9-5-2-6-10-18)14-17-12-16(13-19-17)11-15-7-3-1-4-8-15/h1-10,16-17,19H,11-14H2/t16-,17+/m0/s1. The number of benzene rings is 2. The van der Waals surface area contributed by atoms with E-state index < -0.39 is 9.84 Å². The highest BCUT2D eigenvalue weighted by atomic mass is 32.2. The first-order chi connectivity index (χ1) is 10.6. The van der Waals surface area contributed by atoms with Crippen LogP contribution in [0.25, 0.3) is 0 Å². The van der Waals surface area contributed by atoms with E-state index in [1.165, 1.54) is 5.56 Å². The highest BCUT2D eigenvalue weighted by molar-refractivity contribution is 7.91. The summed E-state index contributed by atoms with van der Waals surface area (Å²) < 4.78 is 24.8. The van der Waals surface area contributed by atoms with Crippen molar-refractivity contribution in [3.8, 4) is 0 Å². The Labute approximate surface area is 132 Å². The van der Waals surface area contributed by atoms with Crippen LogP contribution in [0, 0.1) is 5.92 Å². The van der Waals surface area contributed by atoms with Gasteiger partial charge < -0.3 is 5.32 Å². The molecule has 0 unspecified atom stereocenters. The molecule has 1 saturated heterocycles. The zero-order chi connectivity index (χ0) is 15.4. The van der Waals surface area contributed by atoms with E-state index in [4.69, 9.17) is 0 Å². The van der Waals surface area contributed by atoms with Crippen LogP contribution in [0.1, 0.15) is 12.0 Å². The molecule has 0 saturated carbocycles. The van der Waals surface area contributed by atoms with Crippen LogP contribution in [0.5, 0.6) is 0 Å². The van der Waals surface area contributed by atoms with Gasteiger partial charge in [0.15, 0.2) is 9.84 Å². The fraction of sp³-hybridized carbons (Fsp3) is 0.333. The van der Waals surface area contributed by atoms with Gasteiger partial charge in [-0.1, -0.05) is 48.5 Å². The summed E-state index contributed by atoms with van der Waals surface area (Å²) in [5, 5.41) is 3.37. The minimum absolute atomic E-state index is 0.0546. The van der Waals surface area contributed by atoms with Gasteiger partial charge in [0.05, 0.1) is 10.6 Å². The molecule has 116 valence electrons. The average molecular weight is 315 g/mol. The van der Waals surface area contributed by atoms with Gasteiger partial charge in [-0.25, -0.2) is 8.42 Å². The second-order valence-corrected chi connectivity index (χ2v) is 8.03. The quantitative estimate of drug-likeness (QED) is 0.923. The summed E-state index contributed by atoms with van der Waals surface area (Å²) in [6.07, 6.45) is 1.93. The Balaban J connectivity index is 1.59. The highest BCUT2D eigenvalue weighted by Gasteiger charge is 2.28. The zero-order valence-corrected chi connectivity index (χ0v) is 13.3. The molecule has 1 fully saturated rings. The van der Waals surface area contributed by atoms with Gasteiger partial charge in [0, 0.05) is 6.04 Å². The van der Waals surface area contributed by atoms with E-state index in [1.54, 1.807) is 24.3 Å². The molecule has 0 aromatic heterocycles. The predicted octanol–water partition coefficient (Wildman–Crippen LogP) is 2.68. The Morgan fingerprint density at radius 3 is 2.27 bits per heavy atom. The summed E-state index contributed by atoms with van der Waals surface area (Å²) in [5.74, 6) is 0.695. The lowest BCUT2D eigenvalue weighted by Crippen LogP contribution is -2.29. The molecule has 4 heteroatoms. The minimum atomic E-state index is -3.20. The molecule has 0 bridgehead atoms. The van der Waals surface area contributed by atoms with Gasteiger partial charge in [0.25, 0.3) is 0 Å². The van der Waals surface area contributed by atoms with Crippen LogP contribution in [0.4, 0.5) is 0 Å². The van der Waals surface area contributed by atoms with Gasteiger partial charge in [-0.05, 0) is 43.0 Å². The topological polar surface area (TPSA) is 46.2 Å². The van der Waals surface area contributed by atoms with E-state index in [0.717, 1.165) is 19.4 Å². The van der Waals surface area contributed by atoms with E-state index in [-0.39, 0.29) is 11.8 Å². The van der Waals surface area contributed by atoms with Crippen LogP contribution in [0.3, 0.4) is 0 Å². The van der Waals surface area contributed by atoms with Crippen LogP contribution >= 0.6 is 0 Å². The van der Waals surface area contributed by atoms with Crippen LogP contribution in [0.15, 0.2) is 65.6 Å². The Hall–Kier alpha value is -1.65. The number of rotatable bonds is 5. The summed E-state index contributed by atoms with van der Waals surface area (Å²) in [6.45, 7) is 0.893. The van der Waals surface area contributed by atoms with Crippen LogP contribution < -0.4 is 5.32 Å². The second kappa shape index (κ2) is 6.63. The first kappa shape index (κ1) is 15.3. The smallest absolute Gasteiger partial charge is 0.179 e. The molecule has 0 spiro atoms. The fourth-order valence-electron chi connectivity index (χ4n) is 3.12. The summed E-state index contributed by atoms with van der Waals surface area (Å²) in [7, 11) is -3.20. The van der Waals surface area contributed by atoms with Crippen molar-refractivity contribution in [1.82, 2.24) is 5.32 Å². The molecule has 2 atom stereocenters. The maximum Gasteiger partial charge on any atom is 0.179 e. The third-order valence-electron chi connectivity index (χ3n) is 4.20. The molecule has 0 radical (unpaired) electrons. The van der Waals surface area contributed by atoms with Gasteiger partial charge in [-0.3, -0.25) is 0 Å². The lowest BCUT2D eigenvalue weighted by Gasteiger charge is -2.12. The zero-order valence-electron chi connectivity index (χ0n) is 12.5. The minimum Gasteiger partial charge on any atom is -0.313 e. The summed E-state index contributed by atoms with van der Waals surface area (Å²) in [6, 6.07) is 19.2. The lowest BCUT2D eigenvalue weighted by atomic mass is 9.97. The normalized spacial score (nSPS) is 21.8. The molecule has 1 aliphatic rings. The molecular formula is C18H21NO2S. The highest BCUT2D eigenvalue weighted by Crippen LogP contribution is 2.22. The lowest BCUT2D eigenvalue weighted by molar-refractivity contribution is 0.554. The fourth-order valence-corrected chi connectivity index (χ4v) is 4.67. The largest absolute Gasteiger partial charge is 0.313 e. The van der Waals surface area contributed by atoms with Crippen LogP contribution in [0.2, 0.25) is 0 Å². The average Bonchev–Trinajstić information content (AvgIpc) is 2.95. The summed E-state index contributed by atoms with van der Waals surface area (Å²) in [4.78, 5) is 0.420. The van der Waals surface area contributed by atoms with Crippen molar-refractivity contribution in [3.05, 3.63) is 66.2 Å². The van der Waals surface area contributed by atoms with E-state index in [2.05, 4.69) is 29.6 Å². The van der Waals surface area contributed by atoms with Gasteiger partial charge in [0.1, 0.15) is 0 Å². The van der Waals surface area contributed by atoms with E-state index in [9.17, 15) is 8.42 Å². The van der Waals surface area contributed by atoms with Crippen molar-refractivity contribution in [1.29, 1.82) is 0 Å². The molecule has 2 aromatic rings. The van der Waals surface area contributed by atoms with Crippen molar-refractivity contribution < 1.29 is 8.42 Å². The molecule has 0 amide bonds. The molecule has 3 rings (SSSR count). The molecular weight excluding hydrogens is 294 g/mol. The van der Waals surface area contributed by atoms with Gasteiger partial charge >= 0.3 is 0 Å². The Bertz CT molecular complexity index is 698. The Morgan fingerprint density at radius 2 is 1.59 bits per heavy atom. The predicted molar refractivity (Wildman–Crippen MR) is 88.5 cm³/mol. The molecule has 0 aliphatic carbocycles. The Kier molecular flexibility index (Phi) is 4.60. The number of sulfone groups is 1. The first-order valence-electron chi connectivity index (χ1n) is 7.68. The molecule has 3 nitrogen and oxygen atoms in total. The van der Waals surface area contributed by atoms with Gasteiger partial charge in [-0.2, -0.15) is 0 Å². The van der Waals surface area contributed by atoms with Crippen molar-refractivity contribution in [2.24, 2.45) is 5.92 Å². The molecule has 1 N–H and O–H groups in total. The number of hydrogen-bond acceptors (Lipinski definition) is 3. The number of nitrogens with one attached hydrogen (secondary N) is 1. The second-order valence-electron chi connectivity index (χ2n) is 5.99. The van der Waals surface area contributed by atoms with Crippen molar-refractivity contribution in [3.63, 3.8) is 0 Å². The van der Waals surface area contributed by atoms with E-state index in [0.29, 0.717) is 10.8 Å². The maximum absolute atomic E-state index is 12.4. The molecule has 1 heterocycles. The third-order valence-corrected chi connectivity index (χ3v) is 6.03. The van der Waals surface area contributed by atoms with Crippen LogP contribution in [-0.2, 0) is 16.3 Å². The van der Waals surface area contributed by atoms with Gasteiger partial charge in [-0.15, -0.1) is 0 Å². The SMILES string of the molecule is O=S(=O)(C[C@H]1C[C@H](Cc2ccccc2)CN1)c1ccccc1. The van der Waals surface area contributed by atoms with E-state index >= 15 is 0 Å². The third kappa shape index (κ3) is 3.76. The van der Waals surface area contributed by atoms with Gasteiger partial charge in [0.2, 0.25) is 0 Å². The van der Waals surface area contributed by atoms with Crippen molar-refractivity contribution >= 4 is 9.84 Å². The maximum atomic E-state index is 12.4.